The molecule has 1 rings (SSSR count). The van der Waals surface area contributed by atoms with Crippen LogP contribution in [-0.2, 0) is 6.54 Å². The van der Waals surface area contributed by atoms with Crippen LogP contribution in [0, 0.1) is 5.92 Å². The molecule has 0 fully saturated rings. The molecule has 0 spiro atoms. The van der Waals surface area contributed by atoms with Crippen molar-refractivity contribution in [2.75, 3.05) is 18.1 Å². The van der Waals surface area contributed by atoms with Crippen molar-refractivity contribution in [3.05, 3.63) is 24.0 Å². The van der Waals surface area contributed by atoms with Crippen molar-refractivity contribution < 1.29 is 0 Å². The second-order valence-corrected chi connectivity index (χ2v) is 6.41. The minimum Gasteiger partial charge on any atom is -0.354 e. The molecule has 0 saturated heterocycles. The van der Waals surface area contributed by atoms with E-state index in [-0.39, 0.29) is 0 Å². The van der Waals surface area contributed by atoms with E-state index in [4.69, 9.17) is 0 Å². The van der Waals surface area contributed by atoms with Crippen LogP contribution in [0.2, 0.25) is 0 Å². The molecular formula is C15H28N2S. The lowest BCUT2D eigenvalue weighted by molar-refractivity contribution is 0.421. The van der Waals surface area contributed by atoms with Crippen LogP contribution >= 0.6 is 11.8 Å². The first-order valence-electron chi connectivity index (χ1n) is 7.15. The summed E-state index contributed by atoms with van der Waals surface area (Å²) in [6.45, 7) is 11.1. The van der Waals surface area contributed by atoms with Gasteiger partial charge in [-0.2, -0.15) is 11.8 Å². The zero-order valence-corrected chi connectivity index (χ0v) is 13.1. The molecule has 104 valence electrons. The van der Waals surface area contributed by atoms with E-state index in [1.54, 1.807) is 0 Å². The van der Waals surface area contributed by atoms with Crippen LogP contribution < -0.4 is 5.32 Å². The zero-order chi connectivity index (χ0) is 13.4. The molecule has 1 aromatic heterocycles. The molecule has 1 N–H and O–H groups in total. The van der Waals surface area contributed by atoms with Gasteiger partial charge < -0.3 is 9.88 Å². The first-order valence-corrected chi connectivity index (χ1v) is 8.31. The summed E-state index contributed by atoms with van der Waals surface area (Å²) in [6.07, 6.45) is 5.79. The van der Waals surface area contributed by atoms with Gasteiger partial charge in [-0.3, -0.25) is 0 Å². The molecule has 2 nitrogen and oxygen atoms in total. The minimum absolute atomic E-state index is 0.487. The van der Waals surface area contributed by atoms with Crippen molar-refractivity contribution in [2.24, 2.45) is 5.92 Å². The highest BCUT2D eigenvalue weighted by Crippen LogP contribution is 2.22. The van der Waals surface area contributed by atoms with Crippen molar-refractivity contribution >= 4 is 11.8 Å². The smallest absolute Gasteiger partial charge is 0.0358 e. The van der Waals surface area contributed by atoms with Crippen LogP contribution in [0.15, 0.2) is 18.5 Å². The summed E-state index contributed by atoms with van der Waals surface area (Å²) in [5.74, 6) is 3.13. The fourth-order valence-electron chi connectivity index (χ4n) is 2.23. The largest absolute Gasteiger partial charge is 0.354 e. The van der Waals surface area contributed by atoms with E-state index in [9.17, 15) is 0 Å². The molecule has 0 aromatic carbocycles. The summed E-state index contributed by atoms with van der Waals surface area (Å²) in [4.78, 5) is 0. The van der Waals surface area contributed by atoms with Gasteiger partial charge in [0.15, 0.2) is 0 Å². The van der Waals surface area contributed by atoms with E-state index in [0.29, 0.717) is 12.0 Å². The summed E-state index contributed by atoms with van der Waals surface area (Å²) in [6, 6.07) is 2.75. The maximum Gasteiger partial charge on any atom is 0.0358 e. The molecule has 0 bridgehead atoms. The Bertz CT molecular complexity index is 320. The Morgan fingerprint density at radius 2 is 2.11 bits per heavy atom. The van der Waals surface area contributed by atoms with Gasteiger partial charge in [-0.15, -0.1) is 0 Å². The average Bonchev–Trinajstić information content (AvgIpc) is 2.79. The lowest BCUT2D eigenvalue weighted by Gasteiger charge is -2.20. The second-order valence-electron chi connectivity index (χ2n) is 5.01. The number of nitrogens with one attached hydrogen (secondary N) is 1. The molecule has 0 aliphatic heterocycles. The topological polar surface area (TPSA) is 17.0 Å². The highest BCUT2D eigenvalue weighted by molar-refractivity contribution is 7.99. The Morgan fingerprint density at radius 1 is 1.33 bits per heavy atom. The van der Waals surface area contributed by atoms with E-state index in [2.05, 4.69) is 56.0 Å². The van der Waals surface area contributed by atoms with Crippen LogP contribution in [0.1, 0.15) is 45.7 Å². The van der Waals surface area contributed by atoms with E-state index < -0.39 is 0 Å². The quantitative estimate of drug-likeness (QED) is 0.683. The lowest BCUT2D eigenvalue weighted by Crippen LogP contribution is -2.25. The Labute approximate surface area is 117 Å². The number of nitrogens with zero attached hydrogens (tertiary/aromatic N) is 1. The van der Waals surface area contributed by atoms with Gasteiger partial charge >= 0.3 is 0 Å². The van der Waals surface area contributed by atoms with Gasteiger partial charge in [0.25, 0.3) is 0 Å². The fraction of sp³-hybridized carbons (Fsp3) is 0.733. The molecule has 3 heteroatoms. The standard InChI is InChI=1S/C15H28N2S/c1-5-16-15(13(3)4)14-8-10-17(12-14)9-7-11-18-6-2/h8,10,12-13,15-16H,5-7,9,11H2,1-4H3. The number of hydrogen-bond donors (Lipinski definition) is 1. The van der Waals surface area contributed by atoms with Crippen molar-refractivity contribution in [1.29, 1.82) is 0 Å². The Kier molecular flexibility index (Phi) is 7.52. The van der Waals surface area contributed by atoms with E-state index >= 15 is 0 Å². The third-order valence-corrected chi connectivity index (χ3v) is 4.12. The monoisotopic (exact) mass is 268 g/mol. The van der Waals surface area contributed by atoms with E-state index in [1.807, 2.05) is 11.8 Å². The molecule has 0 radical (unpaired) electrons. The van der Waals surface area contributed by atoms with E-state index in [0.717, 1.165) is 13.1 Å². The summed E-state index contributed by atoms with van der Waals surface area (Å²) >= 11 is 2.03. The molecule has 0 saturated carbocycles. The number of rotatable bonds is 9. The summed E-state index contributed by atoms with van der Waals surface area (Å²) < 4.78 is 2.33. The van der Waals surface area contributed by atoms with Gasteiger partial charge in [0.1, 0.15) is 0 Å². The van der Waals surface area contributed by atoms with Gasteiger partial charge in [-0.05, 0) is 42.0 Å². The fourth-order valence-corrected chi connectivity index (χ4v) is 2.86. The predicted octanol–water partition coefficient (Wildman–Crippen LogP) is 3.94. The van der Waals surface area contributed by atoms with Gasteiger partial charge in [-0.25, -0.2) is 0 Å². The number of aryl methyl sites for hydroxylation is 1. The maximum atomic E-state index is 3.57. The predicted molar refractivity (Wildman–Crippen MR) is 83.3 cm³/mol. The molecule has 1 heterocycles. The number of hydrogen-bond acceptors (Lipinski definition) is 2. The van der Waals surface area contributed by atoms with Gasteiger partial charge in [0.2, 0.25) is 0 Å². The number of aromatic nitrogens is 1. The Hall–Kier alpha value is -0.410. The molecular weight excluding hydrogens is 240 g/mol. The zero-order valence-electron chi connectivity index (χ0n) is 12.3. The SMILES string of the molecule is CCNC(c1ccn(CCCSCC)c1)C(C)C. The van der Waals surface area contributed by atoms with Crippen molar-refractivity contribution in [3.8, 4) is 0 Å². The second kappa shape index (κ2) is 8.65. The van der Waals surface area contributed by atoms with Gasteiger partial charge in [0, 0.05) is 25.0 Å². The molecule has 0 amide bonds. The van der Waals surface area contributed by atoms with Crippen molar-refractivity contribution in [3.63, 3.8) is 0 Å². The minimum atomic E-state index is 0.487. The summed E-state index contributed by atoms with van der Waals surface area (Å²) in [5.41, 5.74) is 1.43. The lowest BCUT2D eigenvalue weighted by atomic mass is 9.98. The average molecular weight is 268 g/mol. The first kappa shape index (κ1) is 15.6. The van der Waals surface area contributed by atoms with Crippen LogP contribution in [0.3, 0.4) is 0 Å². The van der Waals surface area contributed by atoms with Crippen LogP contribution in [0.5, 0.6) is 0 Å². The van der Waals surface area contributed by atoms with Crippen LogP contribution in [-0.4, -0.2) is 22.6 Å². The van der Waals surface area contributed by atoms with Gasteiger partial charge in [-0.1, -0.05) is 27.7 Å². The highest BCUT2D eigenvalue weighted by atomic mass is 32.2. The highest BCUT2D eigenvalue weighted by Gasteiger charge is 2.15. The van der Waals surface area contributed by atoms with E-state index in [1.165, 1.54) is 23.5 Å². The van der Waals surface area contributed by atoms with Crippen LogP contribution in [0.25, 0.3) is 0 Å². The molecule has 0 aliphatic rings. The van der Waals surface area contributed by atoms with Gasteiger partial charge in [0.05, 0.1) is 0 Å². The molecule has 18 heavy (non-hydrogen) atoms. The molecule has 1 atom stereocenters. The normalized spacial score (nSPS) is 13.2. The Balaban J connectivity index is 2.50. The van der Waals surface area contributed by atoms with Crippen molar-refractivity contribution in [1.82, 2.24) is 9.88 Å². The number of thioether (sulfide) groups is 1. The summed E-state index contributed by atoms with van der Waals surface area (Å²) in [5, 5.41) is 3.57. The molecule has 1 aromatic rings. The summed E-state index contributed by atoms with van der Waals surface area (Å²) in [7, 11) is 0. The molecule has 0 aliphatic carbocycles. The third-order valence-electron chi connectivity index (χ3n) is 3.13. The first-order chi connectivity index (χ1) is 8.69. The maximum absolute atomic E-state index is 3.57. The van der Waals surface area contributed by atoms with Crippen LogP contribution in [0.4, 0.5) is 0 Å². The Morgan fingerprint density at radius 3 is 2.72 bits per heavy atom. The van der Waals surface area contributed by atoms with Crippen molar-refractivity contribution in [2.45, 2.75) is 46.7 Å². The third kappa shape index (κ3) is 5.07. The molecule has 1 unspecified atom stereocenters.